The van der Waals surface area contributed by atoms with Crippen LogP contribution in [-0.4, -0.2) is 6.71 Å². The zero-order valence-corrected chi connectivity index (χ0v) is 30.3. The molecule has 11 rings (SSSR count). The first kappa shape index (κ1) is 29.4. The van der Waals surface area contributed by atoms with E-state index in [0.29, 0.717) is 0 Å². The molecule has 2 aromatic heterocycles. The summed E-state index contributed by atoms with van der Waals surface area (Å²) in [6, 6.07) is 54.9. The van der Waals surface area contributed by atoms with Gasteiger partial charge < -0.3 is 9.80 Å². The van der Waals surface area contributed by atoms with Crippen molar-refractivity contribution in [3.05, 3.63) is 151 Å². The number of thiophene rings is 2. The summed E-state index contributed by atoms with van der Waals surface area (Å²) in [7, 11) is 0. The van der Waals surface area contributed by atoms with Crippen LogP contribution in [0.1, 0.15) is 26.3 Å². The van der Waals surface area contributed by atoms with Gasteiger partial charge in [0.25, 0.3) is 6.71 Å². The molecule has 2 aliphatic heterocycles. The fourth-order valence-electron chi connectivity index (χ4n) is 8.59. The highest BCUT2D eigenvalue weighted by Gasteiger charge is 2.43. The smallest absolute Gasteiger partial charge is 0.252 e. The molecule has 0 aliphatic carbocycles. The summed E-state index contributed by atoms with van der Waals surface area (Å²) in [6.45, 7) is 7.14. The van der Waals surface area contributed by atoms with Gasteiger partial charge in [-0.25, -0.2) is 0 Å². The summed E-state index contributed by atoms with van der Waals surface area (Å²) in [5.41, 5.74) is 12.8. The molecule has 0 fully saturated rings. The van der Waals surface area contributed by atoms with Crippen molar-refractivity contribution in [3.63, 3.8) is 0 Å². The highest BCUT2D eigenvalue weighted by molar-refractivity contribution is 7.26. The van der Waals surface area contributed by atoms with Crippen LogP contribution in [0.4, 0.5) is 34.1 Å². The number of hydrogen-bond acceptors (Lipinski definition) is 4. The molecule has 51 heavy (non-hydrogen) atoms. The fraction of sp³-hybridized carbons (Fsp3) is 0.0870. The van der Waals surface area contributed by atoms with Gasteiger partial charge in [-0.2, -0.15) is 0 Å². The van der Waals surface area contributed by atoms with Crippen LogP contribution >= 0.6 is 22.7 Å². The van der Waals surface area contributed by atoms with E-state index in [4.69, 9.17) is 0 Å². The topological polar surface area (TPSA) is 6.48 Å². The highest BCUT2D eigenvalue weighted by Crippen LogP contribution is 2.48. The second kappa shape index (κ2) is 10.6. The number of benzene rings is 7. The summed E-state index contributed by atoms with van der Waals surface area (Å²) in [5, 5.41) is 5.31. The average Bonchev–Trinajstić information content (AvgIpc) is 3.71. The van der Waals surface area contributed by atoms with E-state index in [-0.39, 0.29) is 12.1 Å². The Hall–Kier alpha value is -5.36. The van der Waals surface area contributed by atoms with Crippen LogP contribution in [0.3, 0.4) is 0 Å². The molecule has 2 nitrogen and oxygen atoms in total. The van der Waals surface area contributed by atoms with Gasteiger partial charge in [-0.3, -0.25) is 0 Å². The third kappa shape index (κ3) is 4.22. The standard InChI is InChI=1S/C46H33BN2S2/c1-46(2,3)28-24-39-45-40(25-28)49(30-21-23-34-32-13-5-11-19-42(32)51-44(34)27-30)38-17-9-7-15-36(38)47(45)35-14-6-8-16-37(35)48(39)29-20-22-33-31-12-4-10-18-41(31)50-43(33)26-29/h4-27H,1-3H3. The van der Waals surface area contributed by atoms with Gasteiger partial charge in [0.15, 0.2) is 0 Å². The fourth-order valence-corrected chi connectivity index (χ4v) is 10.9. The van der Waals surface area contributed by atoms with Crippen molar-refractivity contribution in [2.75, 3.05) is 9.80 Å². The molecule has 0 N–H and O–H groups in total. The van der Waals surface area contributed by atoms with Gasteiger partial charge in [0, 0.05) is 74.5 Å². The molecule has 0 saturated heterocycles. The van der Waals surface area contributed by atoms with Gasteiger partial charge in [-0.05, 0) is 88.0 Å². The summed E-state index contributed by atoms with van der Waals surface area (Å²) in [6.07, 6.45) is 0. The van der Waals surface area contributed by atoms with Crippen molar-refractivity contribution in [3.8, 4) is 0 Å². The zero-order chi connectivity index (χ0) is 34.0. The first-order valence-electron chi connectivity index (χ1n) is 17.7. The summed E-state index contributed by atoms with van der Waals surface area (Å²) in [4.78, 5) is 5.09. The molecule has 0 spiro atoms. The summed E-state index contributed by atoms with van der Waals surface area (Å²) >= 11 is 3.77. The van der Waals surface area contributed by atoms with E-state index < -0.39 is 0 Å². The van der Waals surface area contributed by atoms with Crippen molar-refractivity contribution in [2.24, 2.45) is 0 Å². The first-order valence-corrected chi connectivity index (χ1v) is 19.3. The van der Waals surface area contributed by atoms with Gasteiger partial charge in [0.05, 0.1) is 0 Å². The van der Waals surface area contributed by atoms with E-state index >= 15 is 0 Å². The molecule has 0 radical (unpaired) electrons. The Balaban J connectivity index is 1.21. The lowest BCUT2D eigenvalue weighted by Gasteiger charge is -2.45. The molecule has 0 saturated carbocycles. The van der Waals surface area contributed by atoms with Gasteiger partial charge in [-0.15, -0.1) is 22.7 Å². The van der Waals surface area contributed by atoms with Crippen molar-refractivity contribution in [1.82, 2.24) is 0 Å². The molecule has 7 aromatic carbocycles. The first-order chi connectivity index (χ1) is 24.9. The van der Waals surface area contributed by atoms with Gasteiger partial charge >= 0.3 is 0 Å². The van der Waals surface area contributed by atoms with Gasteiger partial charge in [0.2, 0.25) is 0 Å². The van der Waals surface area contributed by atoms with Crippen LogP contribution in [0.5, 0.6) is 0 Å². The molecule has 2 aliphatic rings. The largest absolute Gasteiger partial charge is 0.311 e. The van der Waals surface area contributed by atoms with Crippen molar-refractivity contribution in [1.29, 1.82) is 0 Å². The minimum Gasteiger partial charge on any atom is -0.311 e. The minimum atomic E-state index is -0.0584. The molecule has 0 bridgehead atoms. The zero-order valence-electron chi connectivity index (χ0n) is 28.6. The quantitative estimate of drug-likeness (QED) is 0.167. The number of para-hydroxylation sites is 2. The molecular formula is C46H33BN2S2. The van der Waals surface area contributed by atoms with E-state index in [9.17, 15) is 0 Å². The van der Waals surface area contributed by atoms with Crippen LogP contribution < -0.4 is 26.2 Å². The van der Waals surface area contributed by atoms with Gasteiger partial charge in [0.1, 0.15) is 0 Å². The van der Waals surface area contributed by atoms with E-state index in [1.165, 1.54) is 96.4 Å². The molecule has 5 heteroatoms. The third-order valence-electron chi connectivity index (χ3n) is 11.0. The Labute approximate surface area is 305 Å². The lowest BCUT2D eigenvalue weighted by molar-refractivity contribution is 0.590. The maximum Gasteiger partial charge on any atom is 0.252 e. The molecule has 9 aromatic rings. The van der Waals surface area contributed by atoms with Gasteiger partial charge in [-0.1, -0.05) is 106 Å². The molecular weight excluding hydrogens is 655 g/mol. The average molecular weight is 689 g/mol. The summed E-state index contributed by atoms with van der Waals surface area (Å²) in [5.74, 6) is 0. The lowest BCUT2D eigenvalue weighted by Crippen LogP contribution is -2.61. The Kier molecular flexibility index (Phi) is 6.10. The Morgan fingerprint density at radius 2 is 0.863 bits per heavy atom. The maximum atomic E-state index is 2.55. The Bertz CT molecular complexity index is 2710. The normalized spacial score (nSPS) is 13.7. The van der Waals surface area contributed by atoms with Crippen LogP contribution in [-0.2, 0) is 5.41 Å². The Morgan fingerprint density at radius 3 is 1.35 bits per heavy atom. The highest BCUT2D eigenvalue weighted by atomic mass is 32.1. The van der Waals surface area contributed by atoms with Crippen molar-refractivity contribution in [2.45, 2.75) is 26.2 Å². The summed E-state index contributed by atoms with van der Waals surface area (Å²) < 4.78 is 5.30. The van der Waals surface area contributed by atoms with Crippen molar-refractivity contribution >= 4 is 120 Å². The predicted molar refractivity (Wildman–Crippen MR) is 225 cm³/mol. The van der Waals surface area contributed by atoms with Crippen LogP contribution in [0, 0.1) is 0 Å². The van der Waals surface area contributed by atoms with E-state index in [1.807, 2.05) is 22.7 Å². The number of nitrogens with zero attached hydrogens (tertiary/aromatic N) is 2. The molecule has 0 unspecified atom stereocenters. The SMILES string of the molecule is CC(C)(C)c1cc2c3c(c1)N(c1ccc4c(c1)sc1ccccc14)c1ccccc1B3c1ccccc1N2c1ccc2c(c1)sc1ccccc12. The van der Waals surface area contributed by atoms with E-state index in [2.05, 4.69) is 176 Å². The molecule has 0 amide bonds. The van der Waals surface area contributed by atoms with E-state index in [0.717, 1.165) is 0 Å². The van der Waals surface area contributed by atoms with Crippen LogP contribution in [0.25, 0.3) is 40.3 Å². The lowest BCUT2D eigenvalue weighted by atomic mass is 9.33. The van der Waals surface area contributed by atoms with Crippen molar-refractivity contribution < 1.29 is 0 Å². The second-order valence-corrected chi connectivity index (χ2v) is 17.1. The Morgan fingerprint density at radius 1 is 0.431 bits per heavy atom. The molecule has 4 heterocycles. The molecule has 0 atom stereocenters. The van der Waals surface area contributed by atoms with Crippen LogP contribution in [0.2, 0.25) is 0 Å². The number of hydrogen-bond donors (Lipinski definition) is 0. The number of anilines is 6. The van der Waals surface area contributed by atoms with E-state index in [1.54, 1.807) is 0 Å². The second-order valence-electron chi connectivity index (χ2n) is 15.0. The monoisotopic (exact) mass is 688 g/mol. The minimum absolute atomic E-state index is 0.0584. The molecule has 242 valence electrons. The number of fused-ring (bicyclic) bond motifs is 10. The predicted octanol–water partition coefficient (Wildman–Crippen LogP) is 11.8. The van der Waals surface area contributed by atoms with Crippen LogP contribution in [0.15, 0.2) is 146 Å². The number of rotatable bonds is 2. The third-order valence-corrected chi connectivity index (χ3v) is 13.3. The maximum absolute atomic E-state index is 2.55.